The number of hydrogen-bond donors (Lipinski definition) is 1. The molecule has 2 fully saturated rings. The van der Waals surface area contributed by atoms with Crippen LogP contribution >= 0.6 is 12.2 Å². The third kappa shape index (κ3) is 5.96. The highest BCUT2D eigenvalue weighted by atomic mass is 32.1. The maximum atomic E-state index is 12.7. The van der Waals surface area contributed by atoms with Crippen LogP contribution in [-0.2, 0) is 6.18 Å². The Morgan fingerprint density at radius 1 is 0.964 bits per heavy atom. The van der Waals surface area contributed by atoms with Crippen molar-refractivity contribution < 1.29 is 13.2 Å². The molecule has 1 aromatic rings. The molecular weight excluding hydrogens is 385 g/mol. The average molecular weight is 415 g/mol. The summed E-state index contributed by atoms with van der Waals surface area (Å²) in [6.07, 6.45) is 6.29. The van der Waals surface area contributed by atoms with Gasteiger partial charge in [0.05, 0.1) is 5.56 Å². The van der Waals surface area contributed by atoms with Crippen LogP contribution in [0.4, 0.5) is 19.0 Å². The van der Waals surface area contributed by atoms with Crippen molar-refractivity contribution in [2.24, 2.45) is 0 Å². The lowest BCUT2D eigenvalue weighted by atomic mass is 9.97. The molecule has 28 heavy (non-hydrogen) atoms. The van der Waals surface area contributed by atoms with Gasteiger partial charge < -0.3 is 15.1 Å². The van der Waals surface area contributed by atoms with Crippen LogP contribution in [-0.4, -0.2) is 47.2 Å². The molecule has 1 aromatic heterocycles. The molecule has 0 radical (unpaired) electrons. The van der Waals surface area contributed by atoms with Gasteiger partial charge in [0.2, 0.25) is 0 Å². The van der Waals surface area contributed by atoms with E-state index in [1.807, 2.05) is 4.90 Å². The Bertz CT molecular complexity index is 627. The molecule has 1 saturated heterocycles. The van der Waals surface area contributed by atoms with Crippen molar-refractivity contribution in [3.63, 3.8) is 0 Å². The van der Waals surface area contributed by atoms with Crippen molar-refractivity contribution in [2.45, 2.75) is 63.6 Å². The lowest BCUT2D eigenvalue weighted by molar-refractivity contribution is -0.137. The van der Waals surface area contributed by atoms with Crippen LogP contribution < -0.4 is 10.2 Å². The van der Waals surface area contributed by atoms with E-state index < -0.39 is 11.7 Å². The van der Waals surface area contributed by atoms with Crippen molar-refractivity contribution in [2.75, 3.05) is 31.1 Å². The quantitative estimate of drug-likeness (QED) is 0.715. The second kappa shape index (κ2) is 9.76. The van der Waals surface area contributed by atoms with E-state index in [9.17, 15) is 13.2 Å². The highest BCUT2D eigenvalue weighted by Gasteiger charge is 2.31. The van der Waals surface area contributed by atoms with Crippen LogP contribution in [0.1, 0.15) is 56.9 Å². The fourth-order valence-corrected chi connectivity index (χ4v) is 4.31. The number of pyridine rings is 1. The van der Waals surface area contributed by atoms with Crippen molar-refractivity contribution in [3.8, 4) is 0 Å². The van der Waals surface area contributed by atoms with E-state index in [0.717, 1.165) is 43.4 Å². The molecule has 1 aliphatic heterocycles. The molecule has 3 rings (SSSR count). The predicted molar refractivity (Wildman–Crippen MR) is 109 cm³/mol. The van der Waals surface area contributed by atoms with Crippen LogP contribution in [0.25, 0.3) is 0 Å². The number of alkyl halides is 3. The minimum absolute atomic E-state index is 0.462. The average Bonchev–Trinajstić information content (AvgIpc) is 2.89. The summed E-state index contributed by atoms with van der Waals surface area (Å²) < 4.78 is 38.2. The zero-order valence-corrected chi connectivity index (χ0v) is 17.0. The first-order chi connectivity index (χ1) is 13.4. The summed E-state index contributed by atoms with van der Waals surface area (Å²) >= 11 is 5.66. The molecule has 0 bridgehead atoms. The Balaban J connectivity index is 1.53. The number of thiocarbonyl (C=S) groups is 1. The second-order valence-electron chi connectivity index (χ2n) is 7.72. The Morgan fingerprint density at radius 3 is 2.32 bits per heavy atom. The van der Waals surface area contributed by atoms with E-state index in [4.69, 9.17) is 12.2 Å². The van der Waals surface area contributed by atoms with Crippen molar-refractivity contribution in [3.05, 3.63) is 23.9 Å². The minimum atomic E-state index is -4.35. The molecule has 1 N–H and O–H groups in total. The number of nitrogens with zero attached hydrogens (tertiary/aromatic N) is 3. The van der Waals surface area contributed by atoms with Gasteiger partial charge in [0.15, 0.2) is 5.11 Å². The van der Waals surface area contributed by atoms with Gasteiger partial charge in [0.1, 0.15) is 5.82 Å². The molecule has 0 unspecified atom stereocenters. The Hall–Kier alpha value is -1.57. The number of aromatic nitrogens is 1. The molecule has 0 aromatic carbocycles. The summed E-state index contributed by atoms with van der Waals surface area (Å²) in [6.45, 7) is 3.07. The van der Waals surface area contributed by atoms with Gasteiger partial charge in [-0.2, -0.15) is 13.2 Å². The zero-order valence-electron chi connectivity index (χ0n) is 16.2. The van der Waals surface area contributed by atoms with E-state index >= 15 is 0 Å². The van der Waals surface area contributed by atoms with E-state index in [2.05, 4.69) is 15.2 Å². The molecule has 0 amide bonds. The van der Waals surface area contributed by atoms with Gasteiger partial charge in [0.25, 0.3) is 0 Å². The second-order valence-corrected chi connectivity index (χ2v) is 8.11. The van der Waals surface area contributed by atoms with Crippen LogP contribution in [0, 0.1) is 0 Å². The summed E-state index contributed by atoms with van der Waals surface area (Å²) in [4.78, 5) is 8.27. The molecule has 0 spiro atoms. The lowest BCUT2D eigenvalue weighted by Crippen LogP contribution is -2.46. The monoisotopic (exact) mass is 414 g/mol. The normalized spacial score (nSPS) is 20.2. The van der Waals surface area contributed by atoms with Gasteiger partial charge in [-0.25, -0.2) is 4.98 Å². The largest absolute Gasteiger partial charge is 0.417 e. The molecule has 8 heteroatoms. The van der Waals surface area contributed by atoms with Crippen molar-refractivity contribution in [1.29, 1.82) is 0 Å². The van der Waals surface area contributed by atoms with Gasteiger partial charge >= 0.3 is 6.18 Å². The predicted octanol–water partition coefficient (Wildman–Crippen LogP) is 4.60. The lowest BCUT2D eigenvalue weighted by Gasteiger charge is -2.29. The standard InChI is InChI=1S/C20H29F3N4S/c21-20(22,23)16-9-10-18(24-15-16)26-11-6-12-27(14-13-26)19(28)25-17-7-4-2-1-3-5-8-17/h9-10,15,17H,1-8,11-14H2,(H,25,28). The number of nitrogens with one attached hydrogen (secondary N) is 1. The molecule has 4 nitrogen and oxygen atoms in total. The van der Waals surface area contributed by atoms with Crippen molar-refractivity contribution in [1.82, 2.24) is 15.2 Å². The number of hydrogen-bond acceptors (Lipinski definition) is 3. The third-order valence-electron chi connectivity index (χ3n) is 5.62. The van der Waals surface area contributed by atoms with E-state index in [1.54, 1.807) is 0 Å². The van der Waals surface area contributed by atoms with Gasteiger partial charge in [-0.1, -0.05) is 32.1 Å². The molecule has 1 saturated carbocycles. The summed E-state index contributed by atoms with van der Waals surface area (Å²) in [7, 11) is 0. The van der Waals surface area contributed by atoms with Crippen LogP contribution in [0.5, 0.6) is 0 Å². The van der Waals surface area contributed by atoms with Crippen molar-refractivity contribution >= 4 is 23.1 Å². The van der Waals surface area contributed by atoms with Crippen LogP contribution in [0.3, 0.4) is 0 Å². The highest BCUT2D eigenvalue weighted by Crippen LogP contribution is 2.29. The van der Waals surface area contributed by atoms with Gasteiger partial charge in [-0.05, 0) is 43.6 Å². The maximum absolute atomic E-state index is 12.7. The van der Waals surface area contributed by atoms with Gasteiger partial charge in [-0.15, -0.1) is 0 Å². The molecule has 1 aliphatic carbocycles. The highest BCUT2D eigenvalue weighted by molar-refractivity contribution is 7.80. The fraction of sp³-hybridized carbons (Fsp3) is 0.700. The molecule has 0 atom stereocenters. The van der Waals surface area contributed by atoms with E-state index in [0.29, 0.717) is 18.4 Å². The topological polar surface area (TPSA) is 31.4 Å². The van der Waals surface area contributed by atoms with Gasteiger partial charge in [-0.3, -0.25) is 0 Å². The summed E-state index contributed by atoms with van der Waals surface area (Å²) in [5.74, 6) is 0.591. The Kier molecular flexibility index (Phi) is 7.37. The Morgan fingerprint density at radius 2 is 1.68 bits per heavy atom. The first kappa shape index (κ1) is 21.1. The molecule has 2 heterocycles. The first-order valence-electron chi connectivity index (χ1n) is 10.3. The number of halogens is 3. The molecule has 156 valence electrons. The summed E-state index contributed by atoms with van der Waals surface area (Å²) in [6, 6.07) is 3.03. The maximum Gasteiger partial charge on any atom is 0.417 e. The number of anilines is 1. The third-order valence-corrected chi connectivity index (χ3v) is 5.99. The first-order valence-corrected chi connectivity index (χ1v) is 10.7. The van der Waals surface area contributed by atoms with E-state index in [1.165, 1.54) is 51.0 Å². The zero-order chi connectivity index (χ0) is 20.0. The summed E-state index contributed by atoms with van der Waals surface area (Å²) in [5, 5.41) is 4.37. The minimum Gasteiger partial charge on any atom is -0.360 e. The fourth-order valence-electron chi connectivity index (χ4n) is 3.96. The summed E-state index contributed by atoms with van der Waals surface area (Å²) in [5.41, 5.74) is -0.711. The van der Waals surface area contributed by atoms with Crippen LogP contribution in [0.2, 0.25) is 0 Å². The Labute approximate surface area is 170 Å². The SMILES string of the molecule is FC(F)(F)c1ccc(N2CCCN(C(=S)NC3CCCCCCC3)CC2)nc1. The van der Waals surface area contributed by atoms with Crippen LogP contribution in [0.15, 0.2) is 18.3 Å². The van der Waals surface area contributed by atoms with Gasteiger partial charge in [0, 0.05) is 38.4 Å². The van der Waals surface area contributed by atoms with E-state index in [-0.39, 0.29) is 0 Å². The molecular formula is C20H29F3N4S. The molecule has 2 aliphatic rings. The smallest absolute Gasteiger partial charge is 0.360 e. The number of rotatable bonds is 2.